The van der Waals surface area contributed by atoms with Crippen molar-refractivity contribution < 1.29 is 4.79 Å². The van der Waals surface area contributed by atoms with E-state index >= 15 is 0 Å². The van der Waals surface area contributed by atoms with E-state index in [9.17, 15) is 4.79 Å². The molecule has 3 nitrogen and oxygen atoms in total. The summed E-state index contributed by atoms with van der Waals surface area (Å²) in [5, 5.41) is 4.40. The predicted octanol–water partition coefficient (Wildman–Crippen LogP) is 5.77. The minimum Gasteiger partial charge on any atom is -0.337 e. The molecule has 2 aliphatic heterocycles. The molecule has 0 unspecified atom stereocenters. The molecule has 156 valence electrons. The van der Waals surface area contributed by atoms with Crippen molar-refractivity contribution in [3.05, 3.63) is 44.8 Å². The maximum atomic E-state index is 12.8. The number of carbonyl (C=O) groups is 1. The van der Waals surface area contributed by atoms with Gasteiger partial charge in [-0.05, 0) is 73.3 Å². The lowest BCUT2D eigenvalue weighted by Crippen LogP contribution is -2.59. The van der Waals surface area contributed by atoms with Crippen molar-refractivity contribution in [1.29, 1.82) is 0 Å². The summed E-state index contributed by atoms with van der Waals surface area (Å²) in [6.07, 6.45) is 7.93. The van der Waals surface area contributed by atoms with Gasteiger partial charge in [-0.2, -0.15) is 0 Å². The molecule has 3 aliphatic rings. The highest BCUT2D eigenvalue weighted by atomic mass is 32.1. The first kappa shape index (κ1) is 19.8. The van der Waals surface area contributed by atoms with Gasteiger partial charge in [0.1, 0.15) is 0 Å². The first-order valence-corrected chi connectivity index (χ1v) is 13.0. The van der Waals surface area contributed by atoms with Crippen LogP contribution < -0.4 is 0 Å². The summed E-state index contributed by atoms with van der Waals surface area (Å²) in [5.41, 5.74) is 0.168. The summed E-state index contributed by atoms with van der Waals surface area (Å²) in [6.45, 7) is 5.60. The molecule has 0 radical (unpaired) electrons. The summed E-state index contributed by atoms with van der Waals surface area (Å²) in [7, 11) is 0. The molecule has 1 spiro atoms. The Morgan fingerprint density at radius 2 is 1.79 bits per heavy atom. The summed E-state index contributed by atoms with van der Waals surface area (Å²) < 4.78 is 0. The number of rotatable bonds is 5. The lowest BCUT2D eigenvalue weighted by Gasteiger charge is -2.54. The van der Waals surface area contributed by atoms with Gasteiger partial charge in [-0.1, -0.05) is 19.1 Å². The normalized spacial score (nSPS) is 32.3. The number of carbonyl (C=O) groups excluding carboxylic acids is 1. The molecular formula is C24H32N2OS2. The van der Waals surface area contributed by atoms with Gasteiger partial charge in [-0.15, -0.1) is 22.7 Å². The number of nitrogens with zero attached hydrogens (tertiary/aromatic N) is 2. The van der Waals surface area contributed by atoms with Crippen LogP contribution in [0.5, 0.6) is 0 Å². The molecule has 1 saturated carbocycles. The van der Waals surface area contributed by atoms with Crippen molar-refractivity contribution in [2.45, 2.75) is 76.5 Å². The van der Waals surface area contributed by atoms with E-state index in [2.05, 4.69) is 51.7 Å². The van der Waals surface area contributed by atoms with E-state index in [1.807, 2.05) is 22.7 Å². The van der Waals surface area contributed by atoms with Gasteiger partial charge in [-0.25, -0.2) is 0 Å². The molecule has 5 heteroatoms. The van der Waals surface area contributed by atoms with E-state index in [0.717, 1.165) is 32.5 Å². The molecule has 2 aromatic heterocycles. The fourth-order valence-corrected chi connectivity index (χ4v) is 8.13. The number of hydrogen-bond donors (Lipinski definition) is 0. The van der Waals surface area contributed by atoms with Crippen molar-refractivity contribution in [1.82, 2.24) is 9.80 Å². The minimum absolute atomic E-state index is 0.168. The van der Waals surface area contributed by atoms with Crippen LogP contribution in [0.15, 0.2) is 35.0 Å². The van der Waals surface area contributed by atoms with E-state index in [1.165, 1.54) is 41.9 Å². The largest absolute Gasteiger partial charge is 0.337 e. The molecule has 0 N–H and O–H groups in total. The molecule has 4 heterocycles. The Labute approximate surface area is 182 Å². The molecule has 5 rings (SSSR count). The van der Waals surface area contributed by atoms with Gasteiger partial charge in [0.05, 0.1) is 0 Å². The molecule has 0 bridgehead atoms. The molecule has 3 fully saturated rings. The third-order valence-electron chi connectivity index (χ3n) is 7.89. The first-order valence-electron chi connectivity index (χ1n) is 11.3. The molecule has 2 saturated heterocycles. The van der Waals surface area contributed by atoms with Crippen LogP contribution >= 0.6 is 22.7 Å². The van der Waals surface area contributed by atoms with Crippen LogP contribution in [-0.2, 0) is 17.9 Å². The Kier molecular flexibility index (Phi) is 5.57. The maximum Gasteiger partial charge on any atom is 0.223 e. The van der Waals surface area contributed by atoms with Crippen LogP contribution in [0.25, 0.3) is 0 Å². The van der Waals surface area contributed by atoms with E-state index in [1.54, 1.807) is 0 Å². The SMILES string of the molecule is C[C@H]1[C@@H](N(Cc2cccs2)Cc2cccs2)CC[C@@]23CCCN2C(=O)CCC[C@@H]13. The lowest BCUT2D eigenvalue weighted by atomic mass is 9.62. The highest BCUT2D eigenvalue weighted by molar-refractivity contribution is 7.10. The monoisotopic (exact) mass is 428 g/mol. The molecule has 1 aliphatic carbocycles. The van der Waals surface area contributed by atoms with Crippen LogP contribution in [-0.4, -0.2) is 33.8 Å². The zero-order valence-corrected chi connectivity index (χ0v) is 19.0. The van der Waals surface area contributed by atoms with Gasteiger partial charge in [0, 0.05) is 47.4 Å². The quantitative estimate of drug-likeness (QED) is 0.603. The number of thiophene rings is 2. The van der Waals surface area contributed by atoms with Crippen molar-refractivity contribution in [3.63, 3.8) is 0 Å². The van der Waals surface area contributed by atoms with Crippen molar-refractivity contribution in [2.24, 2.45) is 11.8 Å². The van der Waals surface area contributed by atoms with Crippen molar-refractivity contribution >= 4 is 28.6 Å². The minimum atomic E-state index is 0.168. The Bertz CT molecular complexity index is 782. The van der Waals surface area contributed by atoms with Crippen molar-refractivity contribution in [3.8, 4) is 0 Å². The fourth-order valence-electron chi connectivity index (χ4n) is 6.67. The van der Waals surface area contributed by atoms with Gasteiger partial charge < -0.3 is 4.90 Å². The number of hydrogen-bond acceptors (Lipinski definition) is 4. The lowest BCUT2D eigenvalue weighted by molar-refractivity contribution is -0.139. The van der Waals surface area contributed by atoms with Gasteiger partial charge in [-0.3, -0.25) is 9.69 Å². The summed E-state index contributed by atoms with van der Waals surface area (Å²) in [4.78, 5) is 20.8. The van der Waals surface area contributed by atoms with Gasteiger partial charge in [0.2, 0.25) is 5.91 Å². The van der Waals surface area contributed by atoms with Crippen molar-refractivity contribution in [2.75, 3.05) is 6.54 Å². The standard InChI is InChI=1S/C24H32N2OS2/c1-18-21-8-2-9-23(27)26-13-5-11-24(21,26)12-10-22(18)25(16-19-6-3-14-28-19)17-20-7-4-15-29-20/h3-4,6-7,14-15,18,21-22H,2,5,8-13,16-17H2,1H3/t18-,21+,22+,24-/m1/s1. The van der Waals surface area contributed by atoms with Gasteiger partial charge in [0.25, 0.3) is 0 Å². The zero-order chi connectivity index (χ0) is 19.8. The third kappa shape index (κ3) is 3.60. The molecule has 29 heavy (non-hydrogen) atoms. The molecule has 4 atom stereocenters. The molecule has 1 amide bonds. The van der Waals surface area contributed by atoms with Gasteiger partial charge in [0.15, 0.2) is 0 Å². The predicted molar refractivity (Wildman–Crippen MR) is 121 cm³/mol. The summed E-state index contributed by atoms with van der Waals surface area (Å²) in [6, 6.07) is 9.52. The second kappa shape index (κ2) is 8.16. The summed E-state index contributed by atoms with van der Waals surface area (Å²) in [5.74, 6) is 1.73. The van der Waals surface area contributed by atoms with Crippen LogP contribution in [0.2, 0.25) is 0 Å². The van der Waals surface area contributed by atoms with Crippen LogP contribution in [0.1, 0.15) is 61.6 Å². The summed E-state index contributed by atoms with van der Waals surface area (Å²) >= 11 is 3.76. The number of amides is 1. The first-order chi connectivity index (χ1) is 14.2. The van der Waals surface area contributed by atoms with E-state index in [4.69, 9.17) is 0 Å². The van der Waals surface area contributed by atoms with Crippen LogP contribution in [0, 0.1) is 11.8 Å². The highest BCUT2D eigenvalue weighted by Gasteiger charge is 2.55. The van der Waals surface area contributed by atoms with E-state index in [-0.39, 0.29) is 5.54 Å². The zero-order valence-electron chi connectivity index (χ0n) is 17.4. The Morgan fingerprint density at radius 3 is 2.45 bits per heavy atom. The van der Waals surface area contributed by atoms with Gasteiger partial charge >= 0.3 is 0 Å². The maximum absolute atomic E-state index is 12.8. The second-order valence-electron chi connectivity index (χ2n) is 9.28. The topological polar surface area (TPSA) is 23.6 Å². The van der Waals surface area contributed by atoms with E-state index in [0.29, 0.717) is 23.8 Å². The highest BCUT2D eigenvalue weighted by Crippen LogP contribution is 2.52. The van der Waals surface area contributed by atoms with Crippen LogP contribution in [0.3, 0.4) is 0 Å². The Balaban J connectivity index is 1.42. The average molecular weight is 429 g/mol. The Hall–Kier alpha value is -1.17. The molecule has 2 aromatic rings. The smallest absolute Gasteiger partial charge is 0.223 e. The van der Waals surface area contributed by atoms with Crippen LogP contribution in [0.4, 0.5) is 0 Å². The van der Waals surface area contributed by atoms with E-state index < -0.39 is 0 Å². The average Bonchev–Trinajstić information content (AvgIpc) is 3.46. The third-order valence-corrected chi connectivity index (χ3v) is 9.61. The molecular weight excluding hydrogens is 396 g/mol. The Morgan fingerprint density at radius 1 is 1.07 bits per heavy atom. The second-order valence-corrected chi connectivity index (χ2v) is 11.3. The molecule has 0 aromatic carbocycles. The fraction of sp³-hybridized carbons (Fsp3) is 0.625.